The number of likely N-dealkylation sites (tertiary alicyclic amines) is 1. The predicted octanol–water partition coefficient (Wildman–Crippen LogP) is 2.01. The Balaban J connectivity index is 2.03. The summed E-state index contributed by atoms with van der Waals surface area (Å²) in [6.07, 6.45) is 5.51. The van der Waals surface area contributed by atoms with Gasteiger partial charge in [0.2, 0.25) is 5.91 Å². The summed E-state index contributed by atoms with van der Waals surface area (Å²) in [5, 5.41) is 12.9. The van der Waals surface area contributed by atoms with Gasteiger partial charge >= 0.3 is 5.97 Å². The Morgan fingerprint density at radius 3 is 2.29 bits per heavy atom. The number of amides is 1. The molecular formula is C16H28N2O3. The van der Waals surface area contributed by atoms with E-state index in [2.05, 4.69) is 12.2 Å². The van der Waals surface area contributed by atoms with Gasteiger partial charge in [0.05, 0.1) is 11.0 Å². The van der Waals surface area contributed by atoms with Crippen LogP contribution in [-0.2, 0) is 9.59 Å². The largest absolute Gasteiger partial charge is 0.481 e. The van der Waals surface area contributed by atoms with E-state index < -0.39 is 16.9 Å². The summed E-state index contributed by atoms with van der Waals surface area (Å²) in [4.78, 5) is 26.3. The predicted molar refractivity (Wildman–Crippen MR) is 81.0 cm³/mol. The zero-order valence-corrected chi connectivity index (χ0v) is 13.3. The molecule has 2 aliphatic heterocycles. The van der Waals surface area contributed by atoms with Crippen LogP contribution in [0, 0.1) is 5.41 Å². The van der Waals surface area contributed by atoms with Crippen molar-refractivity contribution < 1.29 is 14.7 Å². The van der Waals surface area contributed by atoms with Crippen LogP contribution >= 0.6 is 0 Å². The van der Waals surface area contributed by atoms with Crippen molar-refractivity contribution in [2.24, 2.45) is 5.41 Å². The summed E-state index contributed by atoms with van der Waals surface area (Å²) in [7, 11) is 0. The normalized spacial score (nSPS) is 28.6. The van der Waals surface area contributed by atoms with E-state index in [1.54, 1.807) is 0 Å². The number of carbonyl (C=O) groups is 2. The second kappa shape index (κ2) is 6.34. The number of carboxylic acid groups (broad SMARTS) is 1. The molecule has 1 unspecified atom stereocenters. The molecule has 5 nitrogen and oxygen atoms in total. The lowest BCUT2D eigenvalue weighted by Crippen LogP contribution is -2.57. The molecule has 21 heavy (non-hydrogen) atoms. The van der Waals surface area contributed by atoms with E-state index in [0.29, 0.717) is 32.4 Å². The summed E-state index contributed by atoms with van der Waals surface area (Å²) < 4.78 is 0. The molecule has 0 saturated carbocycles. The van der Waals surface area contributed by atoms with Crippen LogP contribution in [0.2, 0.25) is 0 Å². The van der Waals surface area contributed by atoms with Gasteiger partial charge in [0, 0.05) is 13.1 Å². The highest BCUT2D eigenvalue weighted by Crippen LogP contribution is 2.37. The number of nitrogens with one attached hydrogen (secondary N) is 1. The summed E-state index contributed by atoms with van der Waals surface area (Å²) in [6.45, 7) is 6.14. The Morgan fingerprint density at radius 2 is 1.86 bits per heavy atom. The highest BCUT2D eigenvalue weighted by molar-refractivity contribution is 5.87. The van der Waals surface area contributed by atoms with Gasteiger partial charge in [0.1, 0.15) is 0 Å². The fourth-order valence-electron chi connectivity index (χ4n) is 3.93. The summed E-state index contributed by atoms with van der Waals surface area (Å²) in [5.74, 6) is -0.515. The van der Waals surface area contributed by atoms with E-state index in [0.717, 1.165) is 32.2 Å². The third-order valence-electron chi connectivity index (χ3n) is 5.45. The zero-order chi connectivity index (χ0) is 15.5. The van der Waals surface area contributed by atoms with Crippen molar-refractivity contribution in [3.05, 3.63) is 0 Å². The number of hydrogen-bond donors (Lipinski definition) is 2. The fourth-order valence-corrected chi connectivity index (χ4v) is 3.93. The van der Waals surface area contributed by atoms with Crippen molar-refractivity contribution in [1.29, 1.82) is 0 Å². The number of piperidine rings is 1. The second-order valence-corrected chi connectivity index (χ2v) is 6.59. The highest BCUT2D eigenvalue weighted by atomic mass is 16.4. The van der Waals surface area contributed by atoms with E-state index in [4.69, 9.17) is 0 Å². The Kier molecular flexibility index (Phi) is 4.91. The number of carbonyl (C=O) groups excluding carboxylic acids is 1. The molecule has 0 aromatic rings. The van der Waals surface area contributed by atoms with Crippen molar-refractivity contribution in [2.75, 3.05) is 19.6 Å². The molecule has 120 valence electrons. The van der Waals surface area contributed by atoms with Gasteiger partial charge < -0.3 is 15.3 Å². The average molecular weight is 296 g/mol. The molecule has 0 aliphatic carbocycles. The molecule has 1 atom stereocenters. The van der Waals surface area contributed by atoms with Crippen LogP contribution in [0.3, 0.4) is 0 Å². The molecule has 2 fully saturated rings. The number of aliphatic carboxylic acids is 1. The van der Waals surface area contributed by atoms with Gasteiger partial charge in [-0.05, 0) is 45.1 Å². The topological polar surface area (TPSA) is 69.6 Å². The smallest absolute Gasteiger partial charge is 0.309 e. The van der Waals surface area contributed by atoms with Gasteiger partial charge in [-0.3, -0.25) is 9.59 Å². The van der Waals surface area contributed by atoms with Crippen LogP contribution in [0.1, 0.15) is 58.8 Å². The van der Waals surface area contributed by atoms with Crippen molar-refractivity contribution in [2.45, 2.75) is 64.3 Å². The van der Waals surface area contributed by atoms with E-state index >= 15 is 0 Å². The van der Waals surface area contributed by atoms with Crippen LogP contribution in [0.4, 0.5) is 0 Å². The number of carboxylic acids is 1. The molecule has 0 bridgehead atoms. The van der Waals surface area contributed by atoms with Crippen LogP contribution in [0.15, 0.2) is 0 Å². The maximum atomic E-state index is 12.8. The maximum absolute atomic E-state index is 12.8. The minimum Gasteiger partial charge on any atom is -0.481 e. The lowest BCUT2D eigenvalue weighted by atomic mass is 9.74. The first-order chi connectivity index (χ1) is 9.99. The van der Waals surface area contributed by atoms with Crippen molar-refractivity contribution in [1.82, 2.24) is 10.2 Å². The van der Waals surface area contributed by atoms with E-state index in [-0.39, 0.29) is 5.91 Å². The summed E-state index contributed by atoms with van der Waals surface area (Å²) in [6, 6.07) is 0. The molecule has 0 spiro atoms. The Morgan fingerprint density at radius 1 is 1.19 bits per heavy atom. The zero-order valence-electron chi connectivity index (χ0n) is 13.3. The van der Waals surface area contributed by atoms with Crippen LogP contribution < -0.4 is 5.32 Å². The van der Waals surface area contributed by atoms with Gasteiger partial charge in [0.15, 0.2) is 0 Å². The maximum Gasteiger partial charge on any atom is 0.309 e. The molecule has 0 radical (unpaired) electrons. The molecule has 1 amide bonds. The quantitative estimate of drug-likeness (QED) is 0.814. The molecule has 5 heteroatoms. The van der Waals surface area contributed by atoms with Crippen molar-refractivity contribution >= 4 is 11.9 Å². The van der Waals surface area contributed by atoms with Gasteiger partial charge in [-0.1, -0.05) is 20.3 Å². The monoisotopic (exact) mass is 296 g/mol. The van der Waals surface area contributed by atoms with Crippen LogP contribution in [0.25, 0.3) is 0 Å². The average Bonchev–Trinajstić information content (AvgIpc) is 2.97. The number of hydrogen-bond acceptors (Lipinski definition) is 3. The fraction of sp³-hybridized carbons (Fsp3) is 0.875. The van der Waals surface area contributed by atoms with Gasteiger partial charge in [-0.2, -0.15) is 0 Å². The SMILES string of the molecule is CCCC1(C(=O)O)CCN(C(=O)C2(CC)CCCN2)CC1. The molecule has 2 heterocycles. The first kappa shape index (κ1) is 16.3. The van der Waals surface area contributed by atoms with Crippen LogP contribution in [0.5, 0.6) is 0 Å². The molecule has 2 saturated heterocycles. The first-order valence-electron chi connectivity index (χ1n) is 8.27. The molecule has 2 N–H and O–H groups in total. The standard InChI is InChI=1S/C16H28N2O3/c1-3-6-15(14(20)21)8-11-18(12-9-15)13(19)16(4-2)7-5-10-17-16/h17H,3-12H2,1-2H3,(H,20,21). The molecule has 2 aliphatic rings. The van der Waals surface area contributed by atoms with Gasteiger partial charge in [-0.15, -0.1) is 0 Å². The third-order valence-corrected chi connectivity index (χ3v) is 5.45. The van der Waals surface area contributed by atoms with Crippen molar-refractivity contribution in [3.63, 3.8) is 0 Å². The Hall–Kier alpha value is -1.10. The van der Waals surface area contributed by atoms with E-state index in [9.17, 15) is 14.7 Å². The van der Waals surface area contributed by atoms with Gasteiger partial charge in [0.25, 0.3) is 0 Å². The Labute approximate surface area is 127 Å². The van der Waals surface area contributed by atoms with E-state index in [1.807, 2.05) is 11.8 Å². The van der Waals surface area contributed by atoms with Gasteiger partial charge in [-0.25, -0.2) is 0 Å². The lowest BCUT2D eigenvalue weighted by molar-refractivity contribution is -0.156. The first-order valence-corrected chi connectivity index (χ1v) is 8.27. The molecule has 0 aromatic carbocycles. The molecular weight excluding hydrogens is 268 g/mol. The third kappa shape index (κ3) is 2.93. The van der Waals surface area contributed by atoms with E-state index in [1.165, 1.54) is 0 Å². The number of rotatable bonds is 5. The molecule has 0 aromatic heterocycles. The minimum absolute atomic E-state index is 0.179. The number of nitrogens with zero attached hydrogens (tertiary/aromatic N) is 1. The highest BCUT2D eigenvalue weighted by Gasteiger charge is 2.46. The lowest BCUT2D eigenvalue weighted by Gasteiger charge is -2.42. The molecule has 2 rings (SSSR count). The summed E-state index contributed by atoms with van der Waals surface area (Å²) in [5.41, 5.74) is -1.01. The summed E-state index contributed by atoms with van der Waals surface area (Å²) >= 11 is 0. The second-order valence-electron chi connectivity index (χ2n) is 6.59. The Bertz CT molecular complexity index is 394. The minimum atomic E-state index is -0.694. The van der Waals surface area contributed by atoms with Crippen molar-refractivity contribution in [3.8, 4) is 0 Å². The van der Waals surface area contributed by atoms with Crippen LogP contribution in [-0.4, -0.2) is 47.1 Å².